The number of thiazole rings is 1. The Morgan fingerprint density at radius 3 is 2.72 bits per heavy atom. The van der Waals surface area contributed by atoms with Crippen LogP contribution in [0.5, 0.6) is 0 Å². The number of carbonyl (C=O) groups is 2. The van der Waals surface area contributed by atoms with E-state index in [4.69, 9.17) is 0 Å². The summed E-state index contributed by atoms with van der Waals surface area (Å²) in [5.74, 6) is -0.101. The summed E-state index contributed by atoms with van der Waals surface area (Å²) in [5, 5.41) is 6.61. The van der Waals surface area contributed by atoms with E-state index in [9.17, 15) is 9.59 Å². The second-order valence-electron chi connectivity index (χ2n) is 5.84. The van der Waals surface area contributed by atoms with Crippen molar-refractivity contribution in [2.24, 2.45) is 0 Å². The second kappa shape index (κ2) is 9.10. The molecule has 2 N–H and O–H groups in total. The molecule has 3 rings (SSSR count). The van der Waals surface area contributed by atoms with Crippen LogP contribution in [-0.2, 0) is 9.59 Å². The second-order valence-corrected chi connectivity index (χ2v) is 6.87. The van der Waals surface area contributed by atoms with Crippen molar-refractivity contribution in [2.45, 2.75) is 0 Å². The SMILES string of the molecule is CN(CC(=O)Nc1nc2ccccc2s1)CC(=O)N1CCNCC1.Cl. The van der Waals surface area contributed by atoms with Gasteiger partial charge in [-0.25, -0.2) is 4.98 Å². The highest BCUT2D eigenvalue weighted by Gasteiger charge is 2.19. The van der Waals surface area contributed by atoms with Crippen molar-refractivity contribution in [3.63, 3.8) is 0 Å². The van der Waals surface area contributed by atoms with E-state index < -0.39 is 0 Å². The van der Waals surface area contributed by atoms with Crippen molar-refractivity contribution >= 4 is 50.9 Å². The van der Waals surface area contributed by atoms with Crippen LogP contribution < -0.4 is 10.6 Å². The van der Waals surface area contributed by atoms with E-state index >= 15 is 0 Å². The molecule has 1 aliphatic rings. The average Bonchev–Trinajstić information content (AvgIpc) is 2.97. The van der Waals surface area contributed by atoms with Crippen molar-refractivity contribution < 1.29 is 9.59 Å². The highest BCUT2D eigenvalue weighted by atomic mass is 35.5. The molecule has 2 heterocycles. The monoisotopic (exact) mass is 383 g/mol. The van der Waals surface area contributed by atoms with Crippen LogP contribution in [-0.4, -0.2) is 72.9 Å². The van der Waals surface area contributed by atoms with Crippen LogP contribution in [0.3, 0.4) is 0 Å². The first-order chi connectivity index (χ1) is 11.6. The summed E-state index contributed by atoms with van der Waals surface area (Å²) in [5.41, 5.74) is 0.875. The minimum Gasteiger partial charge on any atom is -0.339 e. The molecule has 0 bridgehead atoms. The summed E-state index contributed by atoms with van der Waals surface area (Å²) >= 11 is 1.45. The fourth-order valence-electron chi connectivity index (χ4n) is 2.63. The number of nitrogens with zero attached hydrogens (tertiary/aromatic N) is 3. The van der Waals surface area contributed by atoms with Crippen LogP contribution in [0.25, 0.3) is 10.2 Å². The van der Waals surface area contributed by atoms with E-state index in [0.717, 1.165) is 36.4 Å². The largest absolute Gasteiger partial charge is 0.339 e. The minimum absolute atomic E-state index is 0. The molecular weight excluding hydrogens is 362 g/mol. The number of carbonyl (C=O) groups excluding carboxylic acids is 2. The van der Waals surface area contributed by atoms with Gasteiger partial charge in [0.15, 0.2) is 5.13 Å². The number of amides is 2. The fourth-order valence-corrected chi connectivity index (χ4v) is 3.51. The topological polar surface area (TPSA) is 77.6 Å². The lowest BCUT2D eigenvalue weighted by Gasteiger charge is -2.29. The molecule has 9 heteroatoms. The van der Waals surface area contributed by atoms with E-state index in [0.29, 0.717) is 5.13 Å². The van der Waals surface area contributed by atoms with Gasteiger partial charge in [-0.1, -0.05) is 23.5 Å². The highest BCUT2D eigenvalue weighted by Crippen LogP contribution is 2.25. The number of fused-ring (bicyclic) bond motifs is 1. The number of para-hydroxylation sites is 1. The minimum atomic E-state index is -0.162. The molecule has 0 aliphatic carbocycles. The van der Waals surface area contributed by atoms with Crippen LogP contribution in [0, 0.1) is 0 Å². The predicted molar refractivity (Wildman–Crippen MR) is 102 cm³/mol. The lowest BCUT2D eigenvalue weighted by atomic mass is 10.3. The molecule has 25 heavy (non-hydrogen) atoms. The molecule has 0 radical (unpaired) electrons. The van der Waals surface area contributed by atoms with Crippen molar-refractivity contribution in [3.05, 3.63) is 24.3 Å². The molecule has 1 fully saturated rings. The van der Waals surface area contributed by atoms with E-state index in [1.807, 2.05) is 29.2 Å². The number of nitrogens with one attached hydrogen (secondary N) is 2. The molecule has 1 saturated heterocycles. The predicted octanol–water partition coefficient (Wildman–Crippen LogP) is 1.02. The average molecular weight is 384 g/mol. The zero-order chi connectivity index (χ0) is 16.9. The zero-order valence-corrected chi connectivity index (χ0v) is 15.7. The molecule has 1 aromatic carbocycles. The first-order valence-electron chi connectivity index (χ1n) is 7.94. The summed E-state index contributed by atoms with van der Waals surface area (Å²) in [4.78, 5) is 32.3. The summed E-state index contributed by atoms with van der Waals surface area (Å²) < 4.78 is 1.04. The number of benzene rings is 1. The van der Waals surface area contributed by atoms with Gasteiger partial charge in [0.05, 0.1) is 23.3 Å². The first-order valence-corrected chi connectivity index (χ1v) is 8.76. The maximum Gasteiger partial charge on any atom is 0.240 e. The van der Waals surface area contributed by atoms with Gasteiger partial charge in [-0.3, -0.25) is 14.5 Å². The molecule has 136 valence electrons. The third-order valence-electron chi connectivity index (χ3n) is 3.83. The molecule has 2 amide bonds. The number of hydrogen-bond acceptors (Lipinski definition) is 6. The number of hydrogen-bond donors (Lipinski definition) is 2. The van der Waals surface area contributed by atoms with Crippen molar-refractivity contribution in [3.8, 4) is 0 Å². The number of anilines is 1. The summed E-state index contributed by atoms with van der Waals surface area (Å²) in [6.07, 6.45) is 0. The quantitative estimate of drug-likeness (QED) is 0.806. The molecule has 0 unspecified atom stereocenters. The van der Waals surface area contributed by atoms with Crippen LogP contribution in [0.15, 0.2) is 24.3 Å². The van der Waals surface area contributed by atoms with Crippen LogP contribution in [0.1, 0.15) is 0 Å². The Morgan fingerprint density at radius 1 is 1.28 bits per heavy atom. The molecule has 0 saturated carbocycles. The van der Waals surface area contributed by atoms with Crippen LogP contribution >= 0.6 is 23.7 Å². The van der Waals surface area contributed by atoms with Crippen LogP contribution in [0.2, 0.25) is 0 Å². The standard InChI is InChI=1S/C16H21N5O2S.ClH/c1-20(11-15(23)21-8-6-17-7-9-21)10-14(22)19-16-18-12-4-2-3-5-13(12)24-16;/h2-5,17H,6-11H2,1H3,(H,18,19,22);1H. The van der Waals surface area contributed by atoms with Gasteiger partial charge < -0.3 is 15.5 Å². The summed E-state index contributed by atoms with van der Waals surface area (Å²) in [7, 11) is 1.78. The van der Waals surface area contributed by atoms with E-state index in [2.05, 4.69) is 15.6 Å². The smallest absolute Gasteiger partial charge is 0.240 e. The molecule has 0 spiro atoms. The van der Waals surface area contributed by atoms with Crippen molar-refractivity contribution in [1.82, 2.24) is 20.1 Å². The Bertz CT molecular complexity index is 699. The molecule has 1 aliphatic heterocycles. The van der Waals surface area contributed by atoms with Gasteiger partial charge in [0.2, 0.25) is 11.8 Å². The maximum absolute atomic E-state index is 12.2. The Labute approximate surface area is 156 Å². The number of piperazine rings is 1. The Balaban J connectivity index is 0.00000225. The fraction of sp³-hybridized carbons (Fsp3) is 0.438. The lowest BCUT2D eigenvalue weighted by Crippen LogP contribution is -2.49. The van der Waals surface area contributed by atoms with Gasteiger partial charge in [-0.2, -0.15) is 0 Å². The normalized spacial score (nSPS) is 14.4. The number of likely N-dealkylation sites (N-methyl/N-ethyl adjacent to an activating group) is 1. The Hall–Kier alpha value is -1.74. The van der Waals surface area contributed by atoms with Gasteiger partial charge >= 0.3 is 0 Å². The lowest BCUT2D eigenvalue weighted by molar-refractivity contribution is -0.133. The highest BCUT2D eigenvalue weighted by molar-refractivity contribution is 7.22. The van der Waals surface area contributed by atoms with Gasteiger partial charge in [0, 0.05) is 26.2 Å². The van der Waals surface area contributed by atoms with Gasteiger partial charge in [-0.05, 0) is 19.2 Å². The number of halogens is 1. The Kier molecular flexibility index (Phi) is 7.12. The molecule has 1 aromatic heterocycles. The Morgan fingerprint density at radius 2 is 2.00 bits per heavy atom. The molecule has 0 atom stereocenters. The summed E-state index contributed by atoms with van der Waals surface area (Å²) in [6.45, 7) is 3.51. The third-order valence-corrected chi connectivity index (χ3v) is 4.78. The number of rotatable bonds is 5. The molecular formula is C16H22ClN5O2S. The maximum atomic E-state index is 12.2. The van der Waals surface area contributed by atoms with Gasteiger partial charge in [-0.15, -0.1) is 12.4 Å². The van der Waals surface area contributed by atoms with Gasteiger partial charge in [0.25, 0.3) is 0 Å². The van der Waals surface area contributed by atoms with Crippen molar-refractivity contribution in [1.29, 1.82) is 0 Å². The summed E-state index contributed by atoms with van der Waals surface area (Å²) in [6, 6.07) is 7.76. The molecule has 7 nitrogen and oxygen atoms in total. The van der Waals surface area contributed by atoms with Gasteiger partial charge in [0.1, 0.15) is 0 Å². The van der Waals surface area contributed by atoms with E-state index in [1.165, 1.54) is 11.3 Å². The third kappa shape index (κ3) is 5.37. The zero-order valence-electron chi connectivity index (χ0n) is 14.0. The first kappa shape index (κ1) is 19.6. The molecule has 2 aromatic rings. The number of aromatic nitrogens is 1. The van der Waals surface area contributed by atoms with E-state index in [1.54, 1.807) is 11.9 Å². The van der Waals surface area contributed by atoms with Crippen molar-refractivity contribution in [2.75, 3.05) is 51.6 Å². The van der Waals surface area contributed by atoms with E-state index in [-0.39, 0.29) is 37.3 Å². The van der Waals surface area contributed by atoms with Crippen LogP contribution in [0.4, 0.5) is 5.13 Å².